The quantitative estimate of drug-likeness (QED) is 0.473. The predicted molar refractivity (Wildman–Crippen MR) is 62.3 cm³/mol. The monoisotopic (exact) mass is 228 g/mol. The molecule has 0 saturated carbocycles. The third kappa shape index (κ3) is 8.05. The molecule has 0 aliphatic rings. The summed E-state index contributed by atoms with van der Waals surface area (Å²) in [4.78, 5) is 11.1. The first-order valence-electron chi connectivity index (χ1n) is 5.27. The Bertz CT molecular complexity index is 225. The van der Waals surface area contributed by atoms with Gasteiger partial charge in [-0.15, -0.1) is 6.58 Å². The van der Waals surface area contributed by atoms with Crippen molar-refractivity contribution < 1.29 is 19.0 Å². The summed E-state index contributed by atoms with van der Waals surface area (Å²) in [6.07, 6.45) is 2.89. The summed E-state index contributed by atoms with van der Waals surface area (Å²) in [6.45, 7) is 11.4. The first-order chi connectivity index (χ1) is 7.60. The van der Waals surface area contributed by atoms with Crippen LogP contribution in [0, 0.1) is 0 Å². The van der Waals surface area contributed by atoms with Crippen molar-refractivity contribution in [2.45, 2.75) is 32.5 Å². The molecule has 0 fully saturated rings. The van der Waals surface area contributed by atoms with E-state index in [1.54, 1.807) is 13.0 Å². The number of hydrogen-bond acceptors (Lipinski definition) is 4. The Morgan fingerprint density at radius 3 is 2.38 bits per heavy atom. The summed E-state index contributed by atoms with van der Waals surface area (Å²) < 4.78 is 15.0. The molecule has 0 aromatic carbocycles. The minimum Gasteiger partial charge on any atom is -0.431 e. The Hall–Kier alpha value is -1.29. The average Bonchev–Trinajstić information content (AvgIpc) is 2.23. The Morgan fingerprint density at radius 2 is 1.81 bits per heavy atom. The molecule has 0 unspecified atom stereocenters. The van der Waals surface area contributed by atoms with Crippen LogP contribution >= 0.6 is 0 Å². The van der Waals surface area contributed by atoms with Gasteiger partial charge in [0, 0.05) is 6.42 Å². The Morgan fingerprint density at radius 1 is 1.19 bits per heavy atom. The number of carbonyl (C=O) groups is 1. The summed E-state index contributed by atoms with van der Waals surface area (Å²) in [6, 6.07) is 0. The highest BCUT2D eigenvalue weighted by atomic mass is 16.7. The molecule has 0 heterocycles. The fourth-order valence-electron chi connectivity index (χ4n) is 1.14. The van der Waals surface area contributed by atoms with Crippen LogP contribution in [0.1, 0.15) is 20.3 Å². The molecule has 4 nitrogen and oxygen atoms in total. The van der Waals surface area contributed by atoms with E-state index in [0.29, 0.717) is 13.0 Å². The maximum absolute atomic E-state index is 11.1. The molecular formula is C12H20O4. The van der Waals surface area contributed by atoms with Crippen molar-refractivity contribution in [3.63, 3.8) is 0 Å². The van der Waals surface area contributed by atoms with Crippen molar-refractivity contribution in [1.82, 2.24) is 0 Å². The van der Waals surface area contributed by atoms with E-state index in [-0.39, 0.29) is 18.8 Å². The maximum Gasteiger partial charge on any atom is 0.508 e. The largest absolute Gasteiger partial charge is 0.508 e. The Kier molecular flexibility index (Phi) is 8.25. The van der Waals surface area contributed by atoms with E-state index in [1.165, 1.54) is 6.08 Å². The highest BCUT2D eigenvalue weighted by Crippen LogP contribution is 2.06. The lowest BCUT2D eigenvalue weighted by Gasteiger charge is -2.17. The van der Waals surface area contributed by atoms with E-state index in [0.717, 1.165) is 0 Å². The zero-order chi connectivity index (χ0) is 12.4. The normalized spacial score (nSPS) is 13.6. The molecule has 0 rings (SSSR count). The van der Waals surface area contributed by atoms with Crippen LogP contribution in [-0.4, -0.2) is 31.6 Å². The van der Waals surface area contributed by atoms with Gasteiger partial charge in [0.25, 0.3) is 0 Å². The van der Waals surface area contributed by atoms with Gasteiger partial charge in [-0.3, -0.25) is 0 Å². The Labute approximate surface area is 96.9 Å². The lowest BCUT2D eigenvalue weighted by molar-refractivity contribution is 0.00365. The summed E-state index contributed by atoms with van der Waals surface area (Å²) >= 11 is 0. The van der Waals surface area contributed by atoms with Gasteiger partial charge in [0.2, 0.25) is 0 Å². The second-order valence-electron chi connectivity index (χ2n) is 3.45. The zero-order valence-corrected chi connectivity index (χ0v) is 9.98. The smallest absolute Gasteiger partial charge is 0.431 e. The molecule has 0 bridgehead atoms. The molecule has 0 radical (unpaired) electrons. The Balaban J connectivity index is 3.70. The van der Waals surface area contributed by atoms with Crippen LogP contribution in [0.15, 0.2) is 25.3 Å². The zero-order valence-electron chi connectivity index (χ0n) is 9.98. The average molecular weight is 228 g/mol. The predicted octanol–water partition coefficient (Wildman–Crippen LogP) is 2.70. The van der Waals surface area contributed by atoms with Crippen LogP contribution in [0.4, 0.5) is 4.79 Å². The van der Waals surface area contributed by atoms with Crippen LogP contribution in [-0.2, 0) is 14.2 Å². The molecule has 0 aromatic heterocycles. The standard InChI is InChI=1S/C12H20O4/c1-5-7-14-10(3)9-11(4)16-12(13)15-8-6-2/h5-6,10-11H,1-2,7-9H2,3-4H3/t10-,11-/m1/s1. The fraction of sp³-hybridized carbons (Fsp3) is 0.583. The summed E-state index contributed by atoms with van der Waals surface area (Å²) in [5.74, 6) is 0. The molecule has 0 spiro atoms. The highest BCUT2D eigenvalue weighted by molar-refractivity contribution is 5.60. The van der Waals surface area contributed by atoms with Gasteiger partial charge in [-0.1, -0.05) is 18.7 Å². The van der Waals surface area contributed by atoms with Crippen molar-refractivity contribution in [1.29, 1.82) is 0 Å². The minimum absolute atomic E-state index is 0.0141. The van der Waals surface area contributed by atoms with E-state index in [2.05, 4.69) is 17.9 Å². The van der Waals surface area contributed by atoms with Gasteiger partial charge >= 0.3 is 6.16 Å². The van der Waals surface area contributed by atoms with Crippen molar-refractivity contribution in [2.75, 3.05) is 13.2 Å². The molecule has 92 valence electrons. The number of ether oxygens (including phenoxy) is 3. The van der Waals surface area contributed by atoms with Crippen molar-refractivity contribution in [3.8, 4) is 0 Å². The summed E-state index contributed by atoms with van der Waals surface area (Å²) in [5, 5.41) is 0. The SMILES string of the molecule is C=CCOC(=O)O[C@H](C)C[C@@H](C)OCC=C. The van der Waals surface area contributed by atoms with E-state index in [1.807, 2.05) is 6.92 Å². The lowest BCUT2D eigenvalue weighted by Crippen LogP contribution is -2.22. The molecule has 0 amide bonds. The lowest BCUT2D eigenvalue weighted by atomic mass is 10.2. The first kappa shape index (κ1) is 14.7. The van der Waals surface area contributed by atoms with Crippen molar-refractivity contribution in [2.24, 2.45) is 0 Å². The van der Waals surface area contributed by atoms with E-state index < -0.39 is 6.16 Å². The van der Waals surface area contributed by atoms with Crippen LogP contribution < -0.4 is 0 Å². The van der Waals surface area contributed by atoms with Crippen molar-refractivity contribution in [3.05, 3.63) is 25.3 Å². The molecule has 0 saturated heterocycles. The second-order valence-corrected chi connectivity index (χ2v) is 3.45. The number of rotatable bonds is 8. The van der Waals surface area contributed by atoms with E-state index in [4.69, 9.17) is 9.47 Å². The molecule has 16 heavy (non-hydrogen) atoms. The van der Waals surface area contributed by atoms with Gasteiger partial charge in [0.15, 0.2) is 0 Å². The van der Waals surface area contributed by atoms with E-state index in [9.17, 15) is 4.79 Å². The summed E-state index contributed by atoms with van der Waals surface area (Å²) in [7, 11) is 0. The molecule has 0 aromatic rings. The molecule has 0 aliphatic heterocycles. The third-order valence-corrected chi connectivity index (χ3v) is 1.78. The molecule has 0 N–H and O–H groups in total. The molecule has 0 aliphatic carbocycles. The summed E-state index contributed by atoms with van der Waals surface area (Å²) in [5.41, 5.74) is 0. The molecular weight excluding hydrogens is 208 g/mol. The van der Waals surface area contributed by atoms with Gasteiger partial charge in [-0.05, 0) is 13.8 Å². The van der Waals surface area contributed by atoms with Gasteiger partial charge in [0.1, 0.15) is 12.7 Å². The first-order valence-corrected chi connectivity index (χ1v) is 5.27. The van der Waals surface area contributed by atoms with Crippen LogP contribution in [0.25, 0.3) is 0 Å². The topological polar surface area (TPSA) is 44.8 Å². The van der Waals surface area contributed by atoms with Gasteiger partial charge in [-0.25, -0.2) is 4.79 Å². The molecule has 2 atom stereocenters. The highest BCUT2D eigenvalue weighted by Gasteiger charge is 2.13. The number of hydrogen-bond donors (Lipinski definition) is 0. The van der Waals surface area contributed by atoms with Gasteiger partial charge in [0.05, 0.1) is 12.7 Å². The fourth-order valence-corrected chi connectivity index (χ4v) is 1.14. The minimum atomic E-state index is -0.677. The van der Waals surface area contributed by atoms with E-state index >= 15 is 0 Å². The molecule has 4 heteroatoms. The van der Waals surface area contributed by atoms with Gasteiger partial charge in [-0.2, -0.15) is 0 Å². The number of carbonyl (C=O) groups excluding carboxylic acids is 1. The van der Waals surface area contributed by atoms with Gasteiger partial charge < -0.3 is 14.2 Å². The van der Waals surface area contributed by atoms with Crippen LogP contribution in [0.2, 0.25) is 0 Å². The van der Waals surface area contributed by atoms with Crippen LogP contribution in [0.3, 0.4) is 0 Å². The van der Waals surface area contributed by atoms with Crippen molar-refractivity contribution >= 4 is 6.16 Å². The van der Waals surface area contributed by atoms with Crippen LogP contribution in [0.5, 0.6) is 0 Å². The third-order valence-electron chi connectivity index (χ3n) is 1.78. The maximum atomic E-state index is 11.1. The second kappa shape index (κ2) is 8.97.